The summed E-state index contributed by atoms with van der Waals surface area (Å²) < 4.78 is 18.6. The molecule has 0 bridgehead atoms. The van der Waals surface area contributed by atoms with Crippen LogP contribution in [0, 0.1) is 5.95 Å². The fourth-order valence-electron chi connectivity index (χ4n) is 2.56. The number of benzene rings is 1. The van der Waals surface area contributed by atoms with Gasteiger partial charge >= 0.3 is 5.97 Å². The van der Waals surface area contributed by atoms with E-state index >= 15 is 0 Å². The Morgan fingerprint density at radius 3 is 3.00 bits per heavy atom. The van der Waals surface area contributed by atoms with Crippen LogP contribution in [0.4, 0.5) is 4.39 Å². The Balaban J connectivity index is 1.81. The molecule has 0 saturated carbocycles. The molecule has 1 unspecified atom stereocenters. The quantitative estimate of drug-likeness (QED) is 0.620. The van der Waals surface area contributed by atoms with Crippen molar-refractivity contribution in [3.63, 3.8) is 0 Å². The van der Waals surface area contributed by atoms with Crippen molar-refractivity contribution in [3.05, 3.63) is 65.2 Å². The molecule has 0 spiro atoms. The van der Waals surface area contributed by atoms with E-state index in [2.05, 4.69) is 11.1 Å². The van der Waals surface area contributed by atoms with Gasteiger partial charge in [-0.2, -0.15) is 4.39 Å². The summed E-state index contributed by atoms with van der Waals surface area (Å²) in [6, 6.07) is 10.5. The zero-order valence-electron chi connectivity index (χ0n) is 10.9. The van der Waals surface area contributed by atoms with Gasteiger partial charge in [-0.3, -0.25) is 0 Å². The van der Waals surface area contributed by atoms with Gasteiger partial charge in [-0.1, -0.05) is 24.3 Å². The van der Waals surface area contributed by atoms with Crippen LogP contribution >= 0.6 is 0 Å². The van der Waals surface area contributed by atoms with Gasteiger partial charge in [-0.15, -0.1) is 0 Å². The molecule has 3 nitrogen and oxygen atoms in total. The van der Waals surface area contributed by atoms with Gasteiger partial charge in [0.2, 0.25) is 5.95 Å². The second kappa shape index (κ2) is 5.41. The first kappa shape index (κ1) is 12.8. The molecule has 0 N–H and O–H groups in total. The lowest BCUT2D eigenvalue weighted by Gasteiger charge is -2.25. The lowest BCUT2D eigenvalue weighted by atomic mass is 9.89. The maximum Gasteiger partial charge on any atom is 0.338 e. The van der Waals surface area contributed by atoms with Crippen LogP contribution in [0.1, 0.15) is 40.4 Å². The van der Waals surface area contributed by atoms with Gasteiger partial charge in [-0.25, -0.2) is 9.78 Å². The number of carbonyl (C=O) groups is 1. The van der Waals surface area contributed by atoms with Crippen molar-refractivity contribution in [2.75, 3.05) is 0 Å². The molecule has 4 heteroatoms. The van der Waals surface area contributed by atoms with E-state index in [9.17, 15) is 9.18 Å². The number of aryl methyl sites for hydroxylation is 1. The van der Waals surface area contributed by atoms with Crippen LogP contribution in [-0.2, 0) is 11.2 Å². The third kappa shape index (κ3) is 2.54. The molecule has 1 atom stereocenters. The average molecular weight is 271 g/mol. The summed E-state index contributed by atoms with van der Waals surface area (Å²) in [6.45, 7) is 0. The third-order valence-electron chi connectivity index (χ3n) is 3.53. The lowest BCUT2D eigenvalue weighted by Crippen LogP contribution is -2.17. The highest BCUT2D eigenvalue weighted by Gasteiger charge is 2.23. The predicted octanol–water partition coefficient (Wildman–Crippen LogP) is 3.46. The summed E-state index contributed by atoms with van der Waals surface area (Å²) in [5, 5.41) is 0. The number of ether oxygens (including phenoxy) is 1. The molecular formula is C16H14FNO2. The highest BCUT2D eigenvalue weighted by atomic mass is 19.1. The van der Waals surface area contributed by atoms with Gasteiger partial charge in [0.1, 0.15) is 6.10 Å². The predicted molar refractivity (Wildman–Crippen MR) is 71.7 cm³/mol. The van der Waals surface area contributed by atoms with Crippen LogP contribution in [0.25, 0.3) is 0 Å². The van der Waals surface area contributed by atoms with E-state index in [1.54, 1.807) is 0 Å². The topological polar surface area (TPSA) is 39.2 Å². The molecule has 0 amide bonds. The van der Waals surface area contributed by atoms with Crippen LogP contribution < -0.4 is 0 Å². The van der Waals surface area contributed by atoms with E-state index in [0.29, 0.717) is 0 Å². The number of nitrogens with zero attached hydrogens (tertiary/aromatic N) is 1. The molecule has 102 valence electrons. The van der Waals surface area contributed by atoms with E-state index in [0.717, 1.165) is 30.9 Å². The fraction of sp³-hybridized carbons (Fsp3) is 0.250. The zero-order valence-corrected chi connectivity index (χ0v) is 10.9. The third-order valence-corrected chi connectivity index (χ3v) is 3.53. The van der Waals surface area contributed by atoms with Crippen LogP contribution in [0.15, 0.2) is 42.6 Å². The smallest absolute Gasteiger partial charge is 0.338 e. The van der Waals surface area contributed by atoms with Gasteiger partial charge in [0.15, 0.2) is 0 Å². The first-order chi connectivity index (χ1) is 9.74. The molecule has 1 aliphatic carbocycles. The second-order valence-corrected chi connectivity index (χ2v) is 4.85. The standard InChI is InChI=1S/C16H14FNO2/c17-15-10-12(8-9-18-15)16(19)20-14-7-3-5-11-4-1-2-6-13(11)14/h1-2,4,6,8-10,14H,3,5,7H2. The summed E-state index contributed by atoms with van der Waals surface area (Å²) in [4.78, 5) is 15.5. The number of rotatable bonds is 2. The van der Waals surface area contributed by atoms with Crippen molar-refractivity contribution in [2.45, 2.75) is 25.4 Å². The van der Waals surface area contributed by atoms with Crippen molar-refractivity contribution in [1.82, 2.24) is 4.98 Å². The van der Waals surface area contributed by atoms with Crippen LogP contribution in [0.5, 0.6) is 0 Å². The molecule has 1 aromatic heterocycles. The molecule has 3 rings (SSSR count). The monoisotopic (exact) mass is 271 g/mol. The Morgan fingerprint density at radius 2 is 2.15 bits per heavy atom. The van der Waals surface area contributed by atoms with Crippen molar-refractivity contribution >= 4 is 5.97 Å². The normalized spacial score (nSPS) is 17.4. The van der Waals surface area contributed by atoms with E-state index in [1.807, 2.05) is 18.2 Å². The summed E-state index contributed by atoms with van der Waals surface area (Å²) >= 11 is 0. The average Bonchev–Trinajstić information content (AvgIpc) is 2.47. The van der Waals surface area contributed by atoms with Crippen molar-refractivity contribution < 1.29 is 13.9 Å². The van der Waals surface area contributed by atoms with Gasteiger partial charge in [-0.05, 0) is 36.5 Å². The number of esters is 1. The summed E-state index contributed by atoms with van der Waals surface area (Å²) in [6.07, 6.45) is 3.81. The fourth-order valence-corrected chi connectivity index (χ4v) is 2.56. The van der Waals surface area contributed by atoms with E-state index in [4.69, 9.17) is 4.74 Å². The van der Waals surface area contributed by atoms with Crippen molar-refractivity contribution in [1.29, 1.82) is 0 Å². The number of pyridine rings is 1. The molecule has 2 aromatic rings. The number of hydrogen-bond acceptors (Lipinski definition) is 3. The maximum atomic E-state index is 13.0. The van der Waals surface area contributed by atoms with E-state index in [1.165, 1.54) is 17.8 Å². The lowest BCUT2D eigenvalue weighted by molar-refractivity contribution is 0.0255. The Kier molecular flexibility index (Phi) is 3.46. The molecule has 0 radical (unpaired) electrons. The Labute approximate surface area is 116 Å². The van der Waals surface area contributed by atoms with Crippen LogP contribution in [-0.4, -0.2) is 11.0 Å². The van der Waals surface area contributed by atoms with Crippen molar-refractivity contribution in [2.24, 2.45) is 0 Å². The van der Waals surface area contributed by atoms with Crippen LogP contribution in [0.2, 0.25) is 0 Å². The molecule has 0 fully saturated rings. The van der Waals surface area contributed by atoms with Gasteiger partial charge < -0.3 is 4.74 Å². The van der Waals surface area contributed by atoms with Crippen molar-refractivity contribution in [3.8, 4) is 0 Å². The summed E-state index contributed by atoms with van der Waals surface area (Å²) in [5.74, 6) is -1.18. The zero-order chi connectivity index (χ0) is 13.9. The first-order valence-corrected chi connectivity index (χ1v) is 6.64. The minimum atomic E-state index is -0.677. The number of aromatic nitrogens is 1. The largest absolute Gasteiger partial charge is 0.454 e. The van der Waals surface area contributed by atoms with E-state index in [-0.39, 0.29) is 11.7 Å². The SMILES string of the molecule is O=C(OC1CCCc2ccccc21)c1ccnc(F)c1. The number of fused-ring (bicyclic) bond motifs is 1. The van der Waals surface area contributed by atoms with E-state index < -0.39 is 11.9 Å². The minimum Gasteiger partial charge on any atom is -0.454 e. The summed E-state index contributed by atoms with van der Waals surface area (Å²) in [5.41, 5.74) is 2.47. The Hall–Kier alpha value is -2.23. The molecule has 0 aliphatic heterocycles. The highest BCUT2D eigenvalue weighted by Crippen LogP contribution is 2.32. The minimum absolute atomic E-state index is 0.195. The number of hydrogen-bond donors (Lipinski definition) is 0. The maximum absolute atomic E-state index is 13.0. The van der Waals surface area contributed by atoms with Crippen LogP contribution in [0.3, 0.4) is 0 Å². The second-order valence-electron chi connectivity index (χ2n) is 4.85. The Bertz CT molecular complexity index is 642. The number of carbonyl (C=O) groups excluding carboxylic acids is 1. The number of halogens is 1. The van der Waals surface area contributed by atoms with Gasteiger partial charge in [0, 0.05) is 12.3 Å². The molecular weight excluding hydrogens is 257 g/mol. The first-order valence-electron chi connectivity index (χ1n) is 6.64. The molecule has 20 heavy (non-hydrogen) atoms. The Morgan fingerprint density at radius 1 is 1.30 bits per heavy atom. The molecule has 1 heterocycles. The molecule has 1 aromatic carbocycles. The highest BCUT2D eigenvalue weighted by molar-refractivity contribution is 5.89. The van der Waals surface area contributed by atoms with Gasteiger partial charge in [0.25, 0.3) is 0 Å². The molecule has 0 saturated heterocycles. The summed E-state index contributed by atoms with van der Waals surface area (Å²) in [7, 11) is 0. The van der Waals surface area contributed by atoms with Gasteiger partial charge in [0.05, 0.1) is 5.56 Å². The molecule has 1 aliphatic rings.